The van der Waals surface area contributed by atoms with E-state index in [0.717, 1.165) is 17.0 Å². The van der Waals surface area contributed by atoms with Gasteiger partial charge in [0.25, 0.3) is 0 Å². The van der Waals surface area contributed by atoms with Crippen LogP contribution in [-0.2, 0) is 20.1 Å². The van der Waals surface area contributed by atoms with Gasteiger partial charge in [0.1, 0.15) is 5.58 Å². The van der Waals surface area contributed by atoms with Gasteiger partial charge in [-0.15, -0.1) is 54.1 Å². The Morgan fingerprint density at radius 2 is 1.35 bits per heavy atom. The largest absolute Gasteiger partial charge is 0.500 e. The van der Waals surface area contributed by atoms with Gasteiger partial charge in [-0.2, -0.15) is 0 Å². The molecule has 0 aliphatic heterocycles. The molecule has 6 rings (SSSR count). The van der Waals surface area contributed by atoms with Gasteiger partial charge >= 0.3 is 0 Å². The van der Waals surface area contributed by atoms with Crippen molar-refractivity contribution in [2.45, 2.75) is 0 Å². The maximum atomic E-state index is 12.6. The molecular weight excluding hydrogens is 601 g/mol. The third kappa shape index (κ3) is 4.86. The van der Waals surface area contributed by atoms with Crippen molar-refractivity contribution in [2.75, 3.05) is 0 Å². The van der Waals surface area contributed by atoms with Gasteiger partial charge in [-0.05, 0) is 41.0 Å². The van der Waals surface area contributed by atoms with Crippen LogP contribution in [0.15, 0.2) is 119 Å². The van der Waals surface area contributed by atoms with E-state index in [2.05, 4.69) is 22.1 Å². The van der Waals surface area contributed by atoms with Crippen molar-refractivity contribution in [3.8, 4) is 22.5 Å². The average Bonchev–Trinajstić information content (AvgIpc) is 2.91. The van der Waals surface area contributed by atoms with E-state index in [0.29, 0.717) is 27.5 Å². The van der Waals surface area contributed by atoms with Crippen LogP contribution in [0.2, 0.25) is 0 Å². The first-order chi connectivity index (χ1) is 16.3. The molecule has 0 saturated heterocycles. The van der Waals surface area contributed by atoms with Crippen LogP contribution in [0.3, 0.4) is 0 Å². The Balaban J connectivity index is 0.000000180. The van der Waals surface area contributed by atoms with E-state index in [1.807, 2.05) is 72.8 Å². The summed E-state index contributed by atoms with van der Waals surface area (Å²) in [5.74, 6) is 0. The summed E-state index contributed by atoms with van der Waals surface area (Å²) in [6.45, 7) is 0. The number of para-hydroxylation sites is 1. The van der Waals surface area contributed by atoms with Gasteiger partial charge in [-0.25, -0.2) is 0 Å². The topological polar surface area (TPSA) is 56.0 Å². The van der Waals surface area contributed by atoms with Crippen molar-refractivity contribution in [3.63, 3.8) is 0 Å². The number of rotatable bonds is 2. The van der Waals surface area contributed by atoms with Crippen LogP contribution in [0.25, 0.3) is 44.5 Å². The van der Waals surface area contributed by atoms with Crippen LogP contribution in [0.5, 0.6) is 0 Å². The molecule has 6 aromatic rings. The molecule has 0 unspecified atom stereocenters. The Kier molecular flexibility index (Phi) is 7.38. The summed E-state index contributed by atoms with van der Waals surface area (Å²) in [7, 11) is 0. The molecule has 1 radical (unpaired) electrons. The van der Waals surface area contributed by atoms with Gasteiger partial charge in [0.2, 0.25) is 0 Å². The van der Waals surface area contributed by atoms with Crippen molar-refractivity contribution in [1.82, 2.24) is 9.97 Å². The van der Waals surface area contributed by atoms with E-state index < -0.39 is 0 Å². The average molecular weight is 619 g/mol. The van der Waals surface area contributed by atoms with Gasteiger partial charge in [-0.1, -0.05) is 42.0 Å². The van der Waals surface area contributed by atoms with E-state index in [1.165, 1.54) is 0 Å². The van der Waals surface area contributed by atoms with Crippen molar-refractivity contribution < 1.29 is 24.5 Å². The third-order valence-electron chi connectivity index (χ3n) is 5.11. The molecule has 3 heterocycles. The molecule has 0 atom stereocenters. The predicted molar refractivity (Wildman–Crippen MR) is 131 cm³/mol. The van der Waals surface area contributed by atoms with Gasteiger partial charge in [0, 0.05) is 32.5 Å². The van der Waals surface area contributed by atoms with E-state index in [1.54, 1.807) is 36.7 Å². The minimum absolute atomic E-state index is 0. The van der Waals surface area contributed by atoms with Crippen molar-refractivity contribution in [1.29, 1.82) is 0 Å². The molecule has 34 heavy (non-hydrogen) atoms. The van der Waals surface area contributed by atoms with Crippen LogP contribution < -0.4 is 5.43 Å². The molecule has 0 saturated carbocycles. The Hall–Kier alpha value is -3.92. The summed E-state index contributed by atoms with van der Waals surface area (Å²) >= 11 is 0. The first-order valence-corrected chi connectivity index (χ1v) is 10.5. The first-order valence-electron chi connectivity index (χ1n) is 10.5. The van der Waals surface area contributed by atoms with E-state index >= 15 is 0 Å². The zero-order valence-electron chi connectivity index (χ0n) is 17.9. The summed E-state index contributed by atoms with van der Waals surface area (Å²) in [4.78, 5) is 21.1. The second-order valence-electron chi connectivity index (χ2n) is 7.23. The SMILES string of the molecule is O=c1c2ccccc2oc2c(-c3ccccn3)[c-]ccc12.[Ir].[c-]1ccccc1-c1ccccn1. The van der Waals surface area contributed by atoms with Gasteiger partial charge in [0.05, 0.1) is 11.0 Å². The minimum Gasteiger partial charge on any atom is -0.500 e. The normalized spacial score (nSPS) is 10.2. The smallest absolute Gasteiger partial charge is 0.182 e. The summed E-state index contributed by atoms with van der Waals surface area (Å²) in [5.41, 5.74) is 4.53. The standard InChI is InChI=1S/C18H10NO2.C11H8N.Ir/c20-17-13-6-1-2-10-16(13)21-18-12(7-5-8-14(17)18)15-9-3-4-11-19-15;1-2-6-10(7-3-1)11-8-4-5-9-12-11;/h1-6,8-11H;1-6,8-9H;/q2*-1;. The molecular formula is C29H18IrN2O2-2. The number of nitrogens with zero attached hydrogens (tertiary/aromatic N) is 2. The molecule has 5 heteroatoms. The number of hydrogen-bond donors (Lipinski definition) is 0. The Morgan fingerprint density at radius 3 is 2.06 bits per heavy atom. The zero-order valence-corrected chi connectivity index (χ0v) is 20.3. The van der Waals surface area contributed by atoms with E-state index in [4.69, 9.17) is 4.42 Å². The van der Waals surface area contributed by atoms with Crippen LogP contribution in [0, 0.1) is 12.1 Å². The molecule has 4 nitrogen and oxygen atoms in total. The molecule has 167 valence electrons. The molecule has 0 amide bonds. The third-order valence-corrected chi connectivity index (χ3v) is 5.11. The molecule has 0 aliphatic carbocycles. The molecule has 0 fully saturated rings. The predicted octanol–water partition coefficient (Wildman–Crippen LogP) is 6.35. The van der Waals surface area contributed by atoms with Crippen LogP contribution >= 0.6 is 0 Å². The Morgan fingerprint density at radius 1 is 0.647 bits per heavy atom. The maximum absolute atomic E-state index is 12.6. The van der Waals surface area contributed by atoms with E-state index in [9.17, 15) is 4.79 Å². The monoisotopic (exact) mass is 619 g/mol. The number of benzene rings is 3. The zero-order chi connectivity index (χ0) is 22.5. The van der Waals surface area contributed by atoms with Crippen LogP contribution in [0.1, 0.15) is 0 Å². The number of pyridine rings is 2. The van der Waals surface area contributed by atoms with Crippen molar-refractivity contribution in [3.05, 3.63) is 132 Å². The van der Waals surface area contributed by atoms with Gasteiger partial charge in [-0.3, -0.25) is 4.79 Å². The number of aromatic nitrogens is 2. The minimum atomic E-state index is -0.0296. The fourth-order valence-electron chi connectivity index (χ4n) is 3.54. The number of fused-ring (bicyclic) bond motifs is 2. The fraction of sp³-hybridized carbons (Fsp3) is 0. The van der Waals surface area contributed by atoms with Gasteiger partial charge < -0.3 is 14.4 Å². The quantitative estimate of drug-likeness (QED) is 0.168. The van der Waals surface area contributed by atoms with Crippen LogP contribution in [-0.4, -0.2) is 9.97 Å². The summed E-state index contributed by atoms with van der Waals surface area (Å²) < 4.78 is 5.94. The number of hydrogen-bond acceptors (Lipinski definition) is 4. The Bertz CT molecular complexity index is 1530. The molecule has 3 aromatic heterocycles. The van der Waals surface area contributed by atoms with Crippen LogP contribution in [0.4, 0.5) is 0 Å². The maximum Gasteiger partial charge on any atom is 0.182 e. The van der Waals surface area contributed by atoms with Crippen molar-refractivity contribution >= 4 is 21.9 Å². The molecule has 0 N–H and O–H groups in total. The molecule has 0 spiro atoms. The van der Waals surface area contributed by atoms with Gasteiger partial charge in [0.15, 0.2) is 5.43 Å². The van der Waals surface area contributed by atoms with E-state index in [-0.39, 0.29) is 25.5 Å². The Labute approximate surface area is 210 Å². The van der Waals surface area contributed by atoms with Crippen molar-refractivity contribution in [2.24, 2.45) is 0 Å². The molecule has 3 aromatic carbocycles. The first kappa shape index (κ1) is 23.2. The summed E-state index contributed by atoms with van der Waals surface area (Å²) in [5, 5.41) is 1.14. The summed E-state index contributed by atoms with van der Waals surface area (Å²) in [6, 6.07) is 36.3. The molecule has 0 aliphatic rings. The molecule has 0 bridgehead atoms. The summed E-state index contributed by atoms with van der Waals surface area (Å²) in [6.07, 6.45) is 3.50. The second kappa shape index (κ2) is 10.8. The fourth-order valence-corrected chi connectivity index (χ4v) is 3.54. The second-order valence-corrected chi connectivity index (χ2v) is 7.23.